The summed E-state index contributed by atoms with van der Waals surface area (Å²) in [4.78, 5) is 10.3. The Balaban J connectivity index is 3.43. The maximum atomic E-state index is 13.4. The highest BCUT2D eigenvalue weighted by Gasteiger charge is 2.22. The minimum Gasteiger partial charge on any atom is -0.465 e. The van der Waals surface area contributed by atoms with E-state index in [4.69, 9.17) is 10.7 Å². The second-order valence-corrected chi connectivity index (χ2v) is 5.08. The third-order valence-corrected chi connectivity index (χ3v) is 2.97. The topological polar surface area (TPSA) is 60.4 Å². The van der Waals surface area contributed by atoms with Gasteiger partial charge in [-0.05, 0) is 12.1 Å². The Labute approximate surface area is 90.0 Å². The van der Waals surface area contributed by atoms with Gasteiger partial charge in [-0.3, -0.25) is 0 Å². The summed E-state index contributed by atoms with van der Waals surface area (Å²) in [7, 11) is 1.81. The van der Waals surface area contributed by atoms with E-state index in [0.717, 1.165) is 19.2 Å². The van der Waals surface area contributed by atoms with Crippen molar-refractivity contribution >= 4 is 25.7 Å². The third kappa shape index (κ3) is 2.45. The summed E-state index contributed by atoms with van der Waals surface area (Å²) in [6, 6.07) is 3.27. The number of methoxy groups -OCH3 is 1. The molecule has 0 aliphatic rings. The van der Waals surface area contributed by atoms with Crippen LogP contribution >= 0.6 is 10.7 Å². The van der Waals surface area contributed by atoms with Crippen molar-refractivity contribution in [2.24, 2.45) is 0 Å². The molecule has 0 radical (unpaired) electrons. The fraction of sp³-hybridized carbons (Fsp3) is 0.125. The van der Waals surface area contributed by atoms with E-state index in [1.807, 2.05) is 0 Å². The van der Waals surface area contributed by atoms with E-state index in [-0.39, 0.29) is 0 Å². The number of ether oxygens (including phenoxy) is 1. The van der Waals surface area contributed by atoms with E-state index in [1.165, 1.54) is 6.07 Å². The zero-order chi connectivity index (χ0) is 11.6. The summed E-state index contributed by atoms with van der Waals surface area (Å²) < 4.78 is 39.5. The van der Waals surface area contributed by atoms with Crippen molar-refractivity contribution < 1.29 is 22.3 Å². The summed E-state index contributed by atoms with van der Waals surface area (Å²) >= 11 is 0. The average Bonchev–Trinajstić information content (AvgIpc) is 2.15. The van der Waals surface area contributed by atoms with E-state index in [2.05, 4.69) is 4.74 Å². The molecule has 0 atom stereocenters. The quantitative estimate of drug-likeness (QED) is 0.592. The molecule has 7 heteroatoms. The van der Waals surface area contributed by atoms with Crippen LogP contribution in [-0.4, -0.2) is 21.5 Å². The Bertz CT molecular complexity index is 497. The molecule has 0 bridgehead atoms. The monoisotopic (exact) mass is 252 g/mol. The van der Waals surface area contributed by atoms with Crippen molar-refractivity contribution in [1.29, 1.82) is 0 Å². The first-order valence-electron chi connectivity index (χ1n) is 3.69. The summed E-state index contributed by atoms with van der Waals surface area (Å²) in [6.45, 7) is 0. The van der Waals surface area contributed by atoms with Gasteiger partial charge < -0.3 is 4.74 Å². The fourth-order valence-corrected chi connectivity index (χ4v) is 1.89. The van der Waals surface area contributed by atoms with E-state index >= 15 is 0 Å². The Kier molecular flexibility index (Phi) is 3.31. The van der Waals surface area contributed by atoms with Gasteiger partial charge in [-0.25, -0.2) is 17.6 Å². The number of halogens is 2. The van der Waals surface area contributed by atoms with Crippen LogP contribution in [-0.2, 0) is 13.8 Å². The molecular formula is C8H6ClFO4S. The molecule has 0 amide bonds. The normalized spacial score (nSPS) is 11.1. The molecular weight excluding hydrogens is 247 g/mol. The van der Waals surface area contributed by atoms with E-state index < -0.39 is 31.3 Å². The largest absolute Gasteiger partial charge is 0.465 e. The average molecular weight is 253 g/mol. The molecule has 1 aromatic carbocycles. The number of rotatable bonds is 2. The lowest BCUT2D eigenvalue weighted by Gasteiger charge is -2.03. The van der Waals surface area contributed by atoms with Crippen LogP contribution in [0.1, 0.15) is 10.4 Å². The zero-order valence-electron chi connectivity index (χ0n) is 7.53. The molecule has 1 aromatic rings. The first-order chi connectivity index (χ1) is 6.88. The van der Waals surface area contributed by atoms with Gasteiger partial charge in [0.2, 0.25) is 0 Å². The Hall–Kier alpha value is -1.14. The second kappa shape index (κ2) is 4.16. The number of benzene rings is 1. The highest BCUT2D eigenvalue weighted by atomic mass is 35.7. The summed E-state index contributed by atoms with van der Waals surface area (Å²) in [6.07, 6.45) is 0. The van der Waals surface area contributed by atoms with Crippen molar-refractivity contribution in [3.8, 4) is 0 Å². The Morgan fingerprint density at radius 3 is 2.53 bits per heavy atom. The minimum absolute atomic E-state index is 0.473. The summed E-state index contributed by atoms with van der Waals surface area (Å²) in [5.41, 5.74) is -0.473. The molecule has 0 saturated carbocycles. The van der Waals surface area contributed by atoms with E-state index in [1.54, 1.807) is 0 Å². The maximum absolute atomic E-state index is 13.4. The van der Waals surface area contributed by atoms with Gasteiger partial charge in [0.15, 0.2) is 5.82 Å². The lowest BCUT2D eigenvalue weighted by Crippen LogP contribution is -2.07. The number of carbonyl (C=O) groups excluding carboxylic acids is 1. The molecule has 82 valence electrons. The highest BCUT2D eigenvalue weighted by molar-refractivity contribution is 8.13. The number of hydrogen-bond acceptors (Lipinski definition) is 4. The van der Waals surface area contributed by atoms with Crippen LogP contribution in [0.3, 0.4) is 0 Å². The second-order valence-electron chi connectivity index (χ2n) is 2.55. The van der Waals surface area contributed by atoms with Crippen molar-refractivity contribution in [3.05, 3.63) is 29.6 Å². The van der Waals surface area contributed by atoms with Crippen molar-refractivity contribution in [2.45, 2.75) is 4.90 Å². The standard InChI is InChI=1S/C8H6ClFO4S/c1-14-8(11)5-3-2-4-6(7(5)10)15(9,12)13/h2-4H,1H3. The Morgan fingerprint density at radius 2 is 2.07 bits per heavy atom. The predicted octanol–water partition coefficient (Wildman–Crippen LogP) is 1.54. The van der Waals surface area contributed by atoms with Gasteiger partial charge in [0.05, 0.1) is 12.7 Å². The van der Waals surface area contributed by atoms with Crippen LogP contribution in [0.25, 0.3) is 0 Å². The van der Waals surface area contributed by atoms with Crippen LogP contribution in [0.2, 0.25) is 0 Å². The molecule has 0 spiro atoms. The van der Waals surface area contributed by atoms with Gasteiger partial charge in [-0.2, -0.15) is 0 Å². The minimum atomic E-state index is -4.21. The smallest absolute Gasteiger partial charge is 0.340 e. The Morgan fingerprint density at radius 1 is 1.47 bits per heavy atom. The van der Waals surface area contributed by atoms with Crippen molar-refractivity contribution in [2.75, 3.05) is 7.11 Å². The van der Waals surface area contributed by atoms with Gasteiger partial charge in [0.25, 0.3) is 9.05 Å². The van der Waals surface area contributed by atoms with Gasteiger partial charge in [-0.15, -0.1) is 0 Å². The van der Waals surface area contributed by atoms with Crippen LogP contribution in [0.5, 0.6) is 0 Å². The molecule has 0 N–H and O–H groups in total. The van der Waals surface area contributed by atoms with Gasteiger partial charge >= 0.3 is 5.97 Å². The molecule has 0 unspecified atom stereocenters. The zero-order valence-corrected chi connectivity index (χ0v) is 9.10. The van der Waals surface area contributed by atoms with E-state index in [9.17, 15) is 17.6 Å². The van der Waals surface area contributed by atoms with Crippen LogP contribution in [0.15, 0.2) is 23.1 Å². The molecule has 4 nitrogen and oxygen atoms in total. The van der Waals surface area contributed by atoms with Crippen LogP contribution < -0.4 is 0 Å². The molecule has 0 aliphatic heterocycles. The molecule has 0 aromatic heterocycles. The van der Waals surface area contributed by atoms with Crippen LogP contribution in [0, 0.1) is 5.82 Å². The summed E-state index contributed by atoms with van der Waals surface area (Å²) in [5, 5.41) is 0. The molecule has 15 heavy (non-hydrogen) atoms. The van der Waals surface area contributed by atoms with Gasteiger partial charge in [0, 0.05) is 10.7 Å². The predicted molar refractivity (Wildman–Crippen MR) is 50.8 cm³/mol. The lowest BCUT2D eigenvalue weighted by atomic mass is 10.2. The van der Waals surface area contributed by atoms with Gasteiger partial charge in [0.1, 0.15) is 4.90 Å². The van der Waals surface area contributed by atoms with Gasteiger partial charge in [-0.1, -0.05) is 6.07 Å². The highest BCUT2D eigenvalue weighted by Crippen LogP contribution is 2.21. The summed E-state index contributed by atoms with van der Waals surface area (Å²) in [5.74, 6) is -2.17. The molecule has 1 rings (SSSR count). The fourth-order valence-electron chi connectivity index (χ4n) is 0.967. The SMILES string of the molecule is COC(=O)c1cccc(S(=O)(=O)Cl)c1F. The number of carbonyl (C=O) groups is 1. The number of esters is 1. The first kappa shape index (κ1) is 11.9. The van der Waals surface area contributed by atoms with E-state index in [0.29, 0.717) is 0 Å². The van der Waals surface area contributed by atoms with Crippen molar-refractivity contribution in [1.82, 2.24) is 0 Å². The molecule has 0 fully saturated rings. The van der Waals surface area contributed by atoms with Crippen molar-refractivity contribution in [3.63, 3.8) is 0 Å². The maximum Gasteiger partial charge on any atom is 0.340 e. The first-order valence-corrected chi connectivity index (χ1v) is 6.00. The lowest BCUT2D eigenvalue weighted by molar-refractivity contribution is 0.0595. The molecule has 0 aliphatic carbocycles. The number of hydrogen-bond donors (Lipinski definition) is 0. The molecule has 0 saturated heterocycles. The third-order valence-electron chi connectivity index (χ3n) is 1.63. The van der Waals surface area contributed by atoms with Crippen LogP contribution in [0.4, 0.5) is 4.39 Å². The molecule has 0 heterocycles.